The Labute approximate surface area is 114 Å². The lowest BCUT2D eigenvalue weighted by molar-refractivity contribution is 0.165. The Balaban J connectivity index is 1.80. The lowest BCUT2D eigenvalue weighted by atomic mass is 10.0. The maximum absolute atomic E-state index is 9.96. The number of benzene rings is 1. The Morgan fingerprint density at radius 1 is 1.18 bits per heavy atom. The lowest BCUT2D eigenvalue weighted by Gasteiger charge is -2.09. The van der Waals surface area contributed by atoms with Gasteiger partial charge in [0.25, 0.3) is 0 Å². The van der Waals surface area contributed by atoms with E-state index in [0.717, 1.165) is 23.7 Å². The molecule has 90 valence electrons. The van der Waals surface area contributed by atoms with Crippen LogP contribution in [0.25, 0.3) is 0 Å². The maximum atomic E-state index is 9.96. The van der Waals surface area contributed by atoms with Crippen LogP contribution in [-0.2, 0) is 12.8 Å². The van der Waals surface area contributed by atoms with E-state index in [-0.39, 0.29) is 6.10 Å². The molecule has 1 atom stereocenters. The summed E-state index contributed by atoms with van der Waals surface area (Å²) in [4.78, 5) is 1.35. The number of hydrogen-bond acceptors (Lipinski definition) is 2. The Morgan fingerprint density at radius 2 is 1.94 bits per heavy atom. The van der Waals surface area contributed by atoms with Crippen molar-refractivity contribution >= 4 is 27.3 Å². The van der Waals surface area contributed by atoms with Crippen LogP contribution in [0.5, 0.6) is 0 Å². The molecule has 2 rings (SSSR count). The normalized spacial score (nSPS) is 12.6. The van der Waals surface area contributed by atoms with Crippen molar-refractivity contribution in [1.82, 2.24) is 0 Å². The zero-order valence-corrected chi connectivity index (χ0v) is 11.9. The van der Waals surface area contributed by atoms with E-state index in [2.05, 4.69) is 45.6 Å². The molecule has 1 nitrogen and oxygen atoms in total. The van der Waals surface area contributed by atoms with Gasteiger partial charge in [-0.1, -0.05) is 34.1 Å². The monoisotopic (exact) mass is 310 g/mol. The molecular formula is C14H15BrOS. The third kappa shape index (κ3) is 4.26. The van der Waals surface area contributed by atoms with Crippen molar-refractivity contribution in [3.8, 4) is 0 Å². The molecule has 2 aromatic rings. The van der Waals surface area contributed by atoms with Crippen LogP contribution in [0.2, 0.25) is 0 Å². The summed E-state index contributed by atoms with van der Waals surface area (Å²) in [7, 11) is 0. The van der Waals surface area contributed by atoms with E-state index in [1.165, 1.54) is 10.4 Å². The molecule has 0 amide bonds. The van der Waals surface area contributed by atoms with E-state index in [1.807, 2.05) is 12.1 Å². The highest BCUT2D eigenvalue weighted by Crippen LogP contribution is 2.15. The highest BCUT2D eigenvalue weighted by molar-refractivity contribution is 9.10. The average Bonchev–Trinajstić information content (AvgIpc) is 2.83. The molecule has 0 radical (unpaired) electrons. The Kier molecular flexibility index (Phi) is 4.77. The predicted molar refractivity (Wildman–Crippen MR) is 76.5 cm³/mol. The van der Waals surface area contributed by atoms with Crippen molar-refractivity contribution in [2.75, 3.05) is 0 Å². The highest BCUT2D eigenvalue weighted by Gasteiger charge is 2.06. The van der Waals surface area contributed by atoms with E-state index in [4.69, 9.17) is 0 Å². The van der Waals surface area contributed by atoms with Gasteiger partial charge < -0.3 is 5.11 Å². The van der Waals surface area contributed by atoms with Gasteiger partial charge in [0.1, 0.15) is 0 Å². The van der Waals surface area contributed by atoms with Crippen LogP contribution in [0.15, 0.2) is 46.3 Å². The van der Waals surface area contributed by atoms with Gasteiger partial charge in [-0.2, -0.15) is 0 Å². The first kappa shape index (κ1) is 12.8. The van der Waals surface area contributed by atoms with Crippen molar-refractivity contribution in [3.63, 3.8) is 0 Å². The first-order valence-corrected chi connectivity index (χ1v) is 7.36. The molecular weight excluding hydrogens is 296 g/mol. The topological polar surface area (TPSA) is 20.2 Å². The van der Waals surface area contributed by atoms with E-state index >= 15 is 0 Å². The van der Waals surface area contributed by atoms with Crippen LogP contribution in [-0.4, -0.2) is 11.2 Å². The fourth-order valence-electron chi connectivity index (χ4n) is 1.76. The number of aryl methyl sites for hydroxylation is 1. The number of hydrogen-bond donors (Lipinski definition) is 1. The summed E-state index contributed by atoms with van der Waals surface area (Å²) in [5.41, 5.74) is 1.19. The van der Waals surface area contributed by atoms with E-state index < -0.39 is 0 Å². The molecule has 0 fully saturated rings. The minimum atomic E-state index is -0.252. The first-order valence-electron chi connectivity index (χ1n) is 5.69. The van der Waals surface area contributed by atoms with Gasteiger partial charge >= 0.3 is 0 Å². The average molecular weight is 311 g/mol. The first-order chi connectivity index (χ1) is 8.24. The van der Waals surface area contributed by atoms with Crippen LogP contribution in [0, 0.1) is 0 Å². The molecule has 0 spiro atoms. The van der Waals surface area contributed by atoms with E-state index in [0.29, 0.717) is 0 Å². The molecule has 3 heteroatoms. The zero-order valence-electron chi connectivity index (χ0n) is 9.47. The molecule has 1 aromatic carbocycles. The number of rotatable bonds is 5. The third-order valence-corrected chi connectivity index (χ3v) is 4.15. The summed E-state index contributed by atoms with van der Waals surface area (Å²) in [6.07, 6.45) is 2.28. The van der Waals surface area contributed by atoms with Crippen LogP contribution in [0.1, 0.15) is 16.9 Å². The lowest BCUT2D eigenvalue weighted by Crippen LogP contribution is -2.11. The number of thiophene rings is 1. The van der Waals surface area contributed by atoms with Crippen LogP contribution >= 0.6 is 27.3 Å². The number of aliphatic hydroxyl groups excluding tert-OH is 1. The quantitative estimate of drug-likeness (QED) is 0.883. The summed E-state index contributed by atoms with van der Waals surface area (Å²) >= 11 is 5.16. The second-order valence-corrected chi connectivity index (χ2v) is 6.05. The second kappa shape index (κ2) is 6.34. The Morgan fingerprint density at radius 3 is 2.59 bits per heavy atom. The van der Waals surface area contributed by atoms with Gasteiger partial charge in [-0.05, 0) is 48.4 Å². The van der Waals surface area contributed by atoms with Crippen LogP contribution < -0.4 is 0 Å². The Hall–Kier alpha value is -0.640. The van der Waals surface area contributed by atoms with Crippen molar-refractivity contribution < 1.29 is 5.11 Å². The van der Waals surface area contributed by atoms with Crippen molar-refractivity contribution in [1.29, 1.82) is 0 Å². The molecule has 17 heavy (non-hydrogen) atoms. The SMILES string of the molecule is OC(CCc1cccs1)Cc1ccc(Br)cc1. The van der Waals surface area contributed by atoms with Crippen molar-refractivity contribution in [2.24, 2.45) is 0 Å². The minimum absolute atomic E-state index is 0.252. The van der Waals surface area contributed by atoms with Gasteiger partial charge in [0.15, 0.2) is 0 Å². The van der Waals surface area contributed by atoms with Gasteiger partial charge in [-0.15, -0.1) is 11.3 Å². The molecule has 1 aromatic heterocycles. The minimum Gasteiger partial charge on any atom is -0.393 e. The zero-order chi connectivity index (χ0) is 12.1. The molecule has 0 aliphatic heterocycles. The largest absolute Gasteiger partial charge is 0.393 e. The maximum Gasteiger partial charge on any atom is 0.0584 e. The molecule has 0 aliphatic rings. The van der Waals surface area contributed by atoms with E-state index in [9.17, 15) is 5.11 Å². The van der Waals surface area contributed by atoms with Gasteiger partial charge in [0.2, 0.25) is 0 Å². The molecule has 1 N–H and O–H groups in total. The van der Waals surface area contributed by atoms with Gasteiger partial charge in [0.05, 0.1) is 6.10 Å². The smallest absolute Gasteiger partial charge is 0.0584 e. The van der Waals surface area contributed by atoms with Crippen LogP contribution in [0.4, 0.5) is 0 Å². The summed E-state index contributed by atoms with van der Waals surface area (Å²) < 4.78 is 1.08. The molecule has 0 bridgehead atoms. The molecule has 0 saturated heterocycles. The van der Waals surface area contributed by atoms with E-state index in [1.54, 1.807) is 11.3 Å². The summed E-state index contributed by atoms with van der Waals surface area (Å²) in [5.74, 6) is 0. The number of aliphatic hydroxyl groups is 1. The Bertz CT molecular complexity index is 436. The molecule has 1 unspecified atom stereocenters. The van der Waals surface area contributed by atoms with Gasteiger partial charge in [-0.3, -0.25) is 0 Å². The van der Waals surface area contributed by atoms with Crippen molar-refractivity contribution in [3.05, 3.63) is 56.7 Å². The summed E-state index contributed by atoms with van der Waals surface area (Å²) in [5, 5.41) is 12.0. The summed E-state index contributed by atoms with van der Waals surface area (Å²) in [6, 6.07) is 12.3. The highest BCUT2D eigenvalue weighted by atomic mass is 79.9. The van der Waals surface area contributed by atoms with Crippen LogP contribution in [0.3, 0.4) is 0 Å². The third-order valence-electron chi connectivity index (χ3n) is 2.69. The standard InChI is InChI=1S/C14H15BrOS/c15-12-5-3-11(4-6-12)10-13(16)7-8-14-2-1-9-17-14/h1-6,9,13,16H,7-8,10H2. The molecule has 0 saturated carbocycles. The van der Waals surface area contributed by atoms with Gasteiger partial charge in [-0.25, -0.2) is 0 Å². The molecule has 0 aliphatic carbocycles. The predicted octanol–water partition coefficient (Wildman–Crippen LogP) is 4.05. The molecule has 1 heterocycles. The van der Waals surface area contributed by atoms with Gasteiger partial charge in [0, 0.05) is 9.35 Å². The fraction of sp³-hybridized carbons (Fsp3) is 0.286. The second-order valence-electron chi connectivity index (χ2n) is 4.10. The van der Waals surface area contributed by atoms with Crippen molar-refractivity contribution in [2.45, 2.75) is 25.4 Å². The summed E-state index contributed by atoms with van der Waals surface area (Å²) in [6.45, 7) is 0. The number of halogens is 1. The fourth-order valence-corrected chi connectivity index (χ4v) is 2.75.